The third kappa shape index (κ3) is 3.45. The molecule has 0 bridgehead atoms. The highest BCUT2D eigenvalue weighted by Crippen LogP contribution is 2.23. The Kier molecular flexibility index (Phi) is 4.88. The molecule has 1 unspecified atom stereocenters. The first-order valence-electron chi connectivity index (χ1n) is 7.81. The summed E-state index contributed by atoms with van der Waals surface area (Å²) in [7, 11) is 0. The molecule has 0 saturated carbocycles. The number of halogens is 1. The van der Waals surface area contributed by atoms with Crippen LogP contribution in [0.3, 0.4) is 0 Å². The minimum absolute atomic E-state index is 0.129. The molecule has 1 heterocycles. The Bertz CT molecular complexity index is 873. The number of rotatable bonds is 5. The molecular formula is C19H19ClN2O2. The fraction of sp³-hybridized carbons (Fsp3) is 0.211. The molecule has 2 aromatic carbocycles. The average molecular weight is 343 g/mol. The van der Waals surface area contributed by atoms with Crippen LogP contribution in [0.1, 0.15) is 22.9 Å². The summed E-state index contributed by atoms with van der Waals surface area (Å²) < 4.78 is 0. The molecule has 1 aromatic heterocycles. The molecule has 0 aliphatic rings. The molecule has 3 aromatic rings. The summed E-state index contributed by atoms with van der Waals surface area (Å²) in [4.78, 5) is 15.5. The number of carbonyl (C=O) groups is 1. The third-order valence-electron chi connectivity index (χ3n) is 4.12. The molecule has 0 radical (unpaired) electrons. The van der Waals surface area contributed by atoms with Crippen LogP contribution in [0.15, 0.2) is 48.5 Å². The lowest BCUT2D eigenvalue weighted by Crippen LogP contribution is -2.29. The van der Waals surface area contributed by atoms with E-state index in [1.54, 1.807) is 18.2 Å². The van der Waals surface area contributed by atoms with Gasteiger partial charge >= 0.3 is 0 Å². The van der Waals surface area contributed by atoms with Crippen LogP contribution in [0.25, 0.3) is 10.9 Å². The first kappa shape index (κ1) is 16.6. The van der Waals surface area contributed by atoms with E-state index in [0.29, 0.717) is 10.6 Å². The van der Waals surface area contributed by atoms with Gasteiger partial charge in [-0.05, 0) is 24.6 Å². The number of aromatic amines is 1. The van der Waals surface area contributed by atoms with Crippen molar-refractivity contribution in [2.75, 3.05) is 6.54 Å². The normalized spacial score (nSPS) is 12.3. The van der Waals surface area contributed by atoms with E-state index in [2.05, 4.69) is 10.3 Å². The van der Waals surface area contributed by atoms with Crippen molar-refractivity contribution >= 4 is 28.4 Å². The van der Waals surface area contributed by atoms with E-state index in [1.807, 2.05) is 37.3 Å². The molecule has 0 fully saturated rings. The highest BCUT2D eigenvalue weighted by molar-refractivity contribution is 6.31. The van der Waals surface area contributed by atoms with Gasteiger partial charge in [0.25, 0.3) is 0 Å². The zero-order valence-corrected chi connectivity index (χ0v) is 14.1. The molecule has 1 atom stereocenters. The van der Waals surface area contributed by atoms with Crippen molar-refractivity contribution in [1.29, 1.82) is 0 Å². The molecule has 4 nitrogen and oxygen atoms in total. The van der Waals surface area contributed by atoms with E-state index in [0.717, 1.165) is 22.2 Å². The van der Waals surface area contributed by atoms with Gasteiger partial charge in [-0.25, -0.2) is 0 Å². The van der Waals surface area contributed by atoms with Gasteiger partial charge < -0.3 is 15.4 Å². The summed E-state index contributed by atoms with van der Waals surface area (Å²) >= 11 is 6.06. The second-order valence-corrected chi connectivity index (χ2v) is 6.20. The van der Waals surface area contributed by atoms with E-state index < -0.39 is 6.10 Å². The summed E-state index contributed by atoms with van der Waals surface area (Å²) in [5.74, 6) is -0.131. The molecule has 5 heteroatoms. The number of carbonyl (C=O) groups excluding carboxylic acids is 1. The Morgan fingerprint density at radius 1 is 1.21 bits per heavy atom. The average Bonchev–Trinajstić information content (AvgIpc) is 2.89. The second-order valence-electron chi connectivity index (χ2n) is 5.79. The molecule has 0 saturated heterocycles. The topological polar surface area (TPSA) is 65.1 Å². The SMILES string of the molecule is Cc1[nH]c2ccccc2c1CC(=O)NCC(O)c1ccccc1Cl. The fourth-order valence-corrected chi connectivity index (χ4v) is 3.11. The molecule has 0 aliphatic carbocycles. The highest BCUT2D eigenvalue weighted by Gasteiger charge is 2.15. The number of hydrogen-bond donors (Lipinski definition) is 3. The van der Waals surface area contributed by atoms with Crippen LogP contribution in [-0.4, -0.2) is 22.5 Å². The van der Waals surface area contributed by atoms with Crippen LogP contribution in [-0.2, 0) is 11.2 Å². The van der Waals surface area contributed by atoms with E-state index in [4.69, 9.17) is 11.6 Å². The van der Waals surface area contributed by atoms with Crippen molar-refractivity contribution < 1.29 is 9.90 Å². The lowest BCUT2D eigenvalue weighted by molar-refractivity contribution is -0.120. The number of hydrogen-bond acceptors (Lipinski definition) is 2. The van der Waals surface area contributed by atoms with Crippen LogP contribution in [0.5, 0.6) is 0 Å². The maximum atomic E-state index is 12.3. The van der Waals surface area contributed by atoms with E-state index >= 15 is 0 Å². The van der Waals surface area contributed by atoms with Crippen molar-refractivity contribution in [3.8, 4) is 0 Å². The van der Waals surface area contributed by atoms with Crippen LogP contribution in [0.2, 0.25) is 5.02 Å². The zero-order valence-electron chi connectivity index (χ0n) is 13.3. The van der Waals surface area contributed by atoms with Gasteiger partial charge in [-0.3, -0.25) is 4.79 Å². The van der Waals surface area contributed by atoms with Gasteiger partial charge in [0.15, 0.2) is 0 Å². The zero-order chi connectivity index (χ0) is 17.1. The first-order valence-corrected chi connectivity index (χ1v) is 8.19. The quantitative estimate of drug-likeness (QED) is 0.664. The minimum atomic E-state index is -0.827. The summed E-state index contributed by atoms with van der Waals surface area (Å²) in [6, 6.07) is 15.0. The summed E-state index contributed by atoms with van der Waals surface area (Å²) in [5.41, 5.74) is 3.60. The number of nitrogens with one attached hydrogen (secondary N) is 2. The number of aryl methyl sites for hydroxylation is 1. The lowest BCUT2D eigenvalue weighted by atomic mass is 10.1. The van der Waals surface area contributed by atoms with Gasteiger partial charge in [0.1, 0.15) is 0 Å². The first-order chi connectivity index (χ1) is 11.6. The number of fused-ring (bicyclic) bond motifs is 1. The Labute approximate surface area is 145 Å². The maximum Gasteiger partial charge on any atom is 0.224 e. The molecule has 0 aliphatic heterocycles. The summed E-state index contributed by atoms with van der Waals surface area (Å²) in [6.07, 6.45) is -0.558. The lowest BCUT2D eigenvalue weighted by Gasteiger charge is -2.13. The van der Waals surface area contributed by atoms with E-state index in [9.17, 15) is 9.90 Å². The molecule has 1 amide bonds. The Hall–Kier alpha value is -2.30. The monoisotopic (exact) mass is 342 g/mol. The summed E-state index contributed by atoms with van der Waals surface area (Å²) in [5, 5.41) is 14.5. The van der Waals surface area contributed by atoms with E-state index in [-0.39, 0.29) is 18.9 Å². The Balaban J connectivity index is 1.65. The largest absolute Gasteiger partial charge is 0.387 e. The van der Waals surface area contributed by atoms with Gasteiger partial charge in [0.05, 0.1) is 12.5 Å². The predicted octanol–water partition coefficient (Wildman–Crippen LogP) is 3.52. The smallest absolute Gasteiger partial charge is 0.224 e. The van der Waals surface area contributed by atoms with Gasteiger partial charge in [0, 0.05) is 33.7 Å². The third-order valence-corrected chi connectivity index (χ3v) is 4.47. The van der Waals surface area contributed by atoms with Gasteiger partial charge in [0.2, 0.25) is 5.91 Å². The van der Waals surface area contributed by atoms with Crippen LogP contribution < -0.4 is 5.32 Å². The highest BCUT2D eigenvalue weighted by atomic mass is 35.5. The Morgan fingerprint density at radius 2 is 1.92 bits per heavy atom. The predicted molar refractivity (Wildman–Crippen MR) is 96.2 cm³/mol. The number of benzene rings is 2. The second kappa shape index (κ2) is 7.07. The number of aromatic nitrogens is 1. The van der Waals surface area contributed by atoms with Crippen molar-refractivity contribution in [3.63, 3.8) is 0 Å². The van der Waals surface area contributed by atoms with Crippen LogP contribution >= 0.6 is 11.6 Å². The standard InChI is InChI=1S/C19H19ClN2O2/c1-12-15(13-6-3-5-9-17(13)22-12)10-19(24)21-11-18(23)14-7-2-4-8-16(14)20/h2-9,18,22-23H,10-11H2,1H3,(H,21,24). The Morgan fingerprint density at radius 3 is 2.71 bits per heavy atom. The van der Waals surface area contributed by atoms with Crippen molar-refractivity contribution in [3.05, 3.63) is 70.4 Å². The molecule has 124 valence electrons. The van der Waals surface area contributed by atoms with Gasteiger partial charge in [-0.1, -0.05) is 48.0 Å². The van der Waals surface area contributed by atoms with Gasteiger partial charge in [-0.2, -0.15) is 0 Å². The number of para-hydroxylation sites is 1. The minimum Gasteiger partial charge on any atom is -0.387 e. The molecular weight excluding hydrogens is 324 g/mol. The van der Waals surface area contributed by atoms with Crippen molar-refractivity contribution in [2.45, 2.75) is 19.4 Å². The van der Waals surface area contributed by atoms with Crippen LogP contribution in [0.4, 0.5) is 0 Å². The van der Waals surface area contributed by atoms with Gasteiger partial charge in [-0.15, -0.1) is 0 Å². The summed E-state index contributed by atoms with van der Waals surface area (Å²) in [6.45, 7) is 2.09. The number of aliphatic hydroxyl groups is 1. The van der Waals surface area contributed by atoms with Crippen molar-refractivity contribution in [2.24, 2.45) is 0 Å². The molecule has 3 N–H and O–H groups in total. The molecule has 3 rings (SSSR count). The molecule has 0 spiro atoms. The van der Waals surface area contributed by atoms with Crippen LogP contribution in [0, 0.1) is 6.92 Å². The molecule has 24 heavy (non-hydrogen) atoms. The number of aliphatic hydroxyl groups excluding tert-OH is 1. The fourth-order valence-electron chi connectivity index (χ4n) is 2.85. The van der Waals surface area contributed by atoms with E-state index in [1.165, 1.54) is 0 Å². The van der Waals surface area contributed by atoms with Crippen molar-refractivity contribution in [1.82, 2.24) is 10.3 Å². The number of amides is 1. The maximum absolute atomic E-state index is 12.3. The number of H-pyrrole nitrogens is 1.